The van der Waals surface area contributed by atoms with Crippen molar-refractivity contribution < 1.29 is 14.6 Å². The fourth-order valence-electron chi connectivity index (χ4n) is 1.49. The predicted octanol–water partition coefficient (Wildman–Crippen LogP) is 1.29. The fraction of sp³-hybridized carbons (Fsp3) is 0.417. The van der Waals surface area contributed by atoms with E-state index in [0.717, 1.165) is 11.3 Å². The highest BCUT2D eigenvalue weighted by Gasteiger charge is 2.21. The summed E-state index contributed by atoms with van der Waals surface area (Å²) in [5.74, 6) is -0.692. The molecule has 1 aromatic rings. The first-order chi connectivity index (χ1) is 7.56. The molecular weight excluding hydrogens is 206 g/mol. The lowest BCUT2D eigenvalue weighted by Crippen LogP contribution is -2.35. The van der Waals surface area contributed by atoms with Crippen LogP contribution in [-0.2, 0) is 11.2 Å². The summed E-state index contributed by atoms with van der Waals surface area (Å²) in [5, 5.41) is 8.85. The van der Waals surface area contributed by atoms with Crippen molar-refractivity contribution in [1.82, 2.24) is 0 Å². The molecule has 88 valence electrons. The van der Waals surface area contributed by atoms with Crippen molar-refractivity contribution in [3.63, 3.8) is 0 Å². The quantitative estimate of drug-likeness (QED) is 0.788. The van der Waals surface area contributed by atoms with Crippen molar-refractivity contribution in [1.29, 1.82) is 0 Å². The molecule has 0 aliphatic heterocycles. The first kappa shape index (κ1) is 12.5. The number of benzene rings is 1. The number of rotatable bonds is 5. The Kier molecular flexibility index (Phi) is 4.31. The van der Waals surface area contributed by atoms with Gasteiger partial charge < -0.3 is 15.6 Å². The summed E-state index contributed by atoms with van der Waals surface area (Å²) in [6.45, 7) is 1.61. The number of nitrogens with two attached hydrogens (primary N) is 1. The lowest BCUT2D eigenvalue weighted by molar-refractivity contribution is -0.141. The minimum absolute atomic E-state index is 0.409. The summed E-state index contributed by atoms with van der Waals surface area (Å²) in [7, 11) is 1.59. The van der Waals surface area contributed by atoms with E-state index in [4.69, 9.17) is 15.6 Å². The van der Waals surface area contributed by atoms with E-state index in [-0.39, 0.29) is 0 Å². The van der Waals surface area contributed by atoms with Crippen LogP contribution in [0.3, 0.4) is 0 Å². The third-order valence-corrected chi connectivity index (χ3v) is 2.68. The molecule has 0 bridgehead atoms. The number of carboxylic acid groups (broad SMARTS) is 1. The molecule has 16 heavy (non-hydrogen) atoms. The van der Waals surface area contributed by atoms with Gasteiger partial charge in [-0.05, 0) is 18.1 Å². The van der Waals surface area contributed by atoms with E-state index in [1.807, 2.05) is 24.3 Å². The Morgan fingerprint density at radius 3 is 2.69 bits per heavy atom. The molecule has 4 heteroatoms. The van der Waals surface area contributed by atoms with Crippen LogP contribution in [0.25, 0.3) is 0 Å². The third kappa shape index (κ3) is 2.97. The van der Waals surface area contributed by atoms with Gasteiger partial charge in [0.1, 0.15) is 5.75 Å². The Labute approximate surface area is 95.0 Å². The first-order valence-corrected chi connectivity index (χ1v) is 5.16. The standard InChI is InChI=1S/C12H17NO3/c1-8(12(14)15)10(13)7-9-5-3-4-6-11(9)16-2/h3-6,8,10H,7,13H2,1-2H3,(H,14,15). The van der Waals surface area contributed by atoms with E-state index < -0.39 is 17.9 Å². The van der Waals surface area contributed by atoms with Gasteiger partial charge in [0.15, 0.2) is 0 Å². The van der Waals surface area contributed by atoms with Crippen molar-refractivity contribution >= 4 is 5.97 Å². The van der Waals surface area contributed by atoms with Crippen molar-refractivity contribution in [3.8, 4) is 5.75 Å². The highest BCUT2D eigenvalue weighted by atomic mass is 16.5. The summed E-state index contributed by atoms with van der Waals surface area (Å²) in [5.41, 5.74) is 6.77. The molecule has 0 aromatic heterocycles. The summed E-state index contributed by atoms with van der Waals surface area (Å²) in [6, 6.07) is 7.08. The summed E-state index contributed by atoms with van der Waals surface area (Å²) < 4.78 is 5.18. The Morgan fingerprint density at radius 2 is 2.12 bits per heavy atom. The van der Waals surface area contributed by atoms with E-state index in [9.17, 15) is 4.79 Å². The number of methoxy groups -OCH3 is 1. The molecule has 0 saturated carbocycles. The molecule has 0 radical (unpaired) electrons. The molecule has 1 rings (SSSR count). The number of ether oxygens (including phenoxy) is 1. The third-order valence-electron chi connectivity index (χ3n) is 2.68. The fourth-order valence-corrected chi connectivity index (χ4v) is 1.49. The van der Waals surface area contributed by atoms with Crippen molar-refractivity contribution in [2.45, 2.75) is 19.4 Å². The Balaban J connectivity index is 2.76. The number of carboxylic acids is 1. The molecule has 0 heterocycles. The lowest BCUT2D eigenvalue weighted by Gasteiger charge is -2.17. The maximum atomic E-state index is 10.8. The maximum absolute atomic E-state index is 10.8. The van der Waals surface area contributed by atoms with Crippen LogP contribution in [0.2, 0.25) is 0 Å². The number of hydrogen-bond donors (Lipinski definition) is 2. The van der Waals surface area contributed by atoms with E-state index in [0.29, 0.717) is 6.42 Å². The van der Waals surface area contributed by atoms with Gasteiger partial charge in [-0.3, -0.25) is 4.79 Å². The van der Waals surface area contributed by atoms with Crippen LogP contribution in [-0.4, -0.2) is 24.2 Å². The Morgan fingerprint density at radius 1 is 1.50 bits per heavy atom. The summed E-state index contributed by atoms with van der Waals surface area (Å²) in [6.07, 6.45) is 0.498. The highest BCUT2D eigenvalue weighted by molar-refractivity contribution is 5.70. The van der Waals surface area contributed by atoms with Gasteiger partial charge in [0.25, 0.3) is 0 Å². The average molecular weight is 223 g/mol. The predicted molar refractivity (Wildman–Crippen MR) is 61.5 cm³/mol. The molecule has 0 aliphatic rings. The van der Waals surface area contributed by atoms with Crippen molar-refractivity contribution in [2.75, 3.05) is 7.11 Å². The van der Waals surface area contributed by atoms with Crippen LogP contribution in [0.4, 0.5) is 0 Å². The zero-order valence-electron chi connectivity index (χ0n) is 9.51. The van der Waals surface area contributed by atoms with Crippen molar-refractivity contribution in [3.05, 3.63) is 29.8 Å². The van der Waals surface area contributed by atoms with Crippen molar-refractivity contribution in [2.24, 2.45) is 11.7 Å². The molecular formula is C12H17NO3. The number of carbonyl (C=O) groups is 1. The zero-order chi connectivity index (χ0) is 12.1. The second-order valence-corrected chi connectivity index (χ2v) is 3.81. The molecule has 0 fully saturated rings. The van der Waals surface area contributed by atoms with E-state index in [2.05, 4.69) is 0 Å². The molecule has 3 N–H and O–H groups in total. The smallest absolute Gasteiger partial charge is 0.307 e. The highest BCUT2D eigenvalue weighted by Crippen LogP contribution is 2.20. The van der Waals surface area contributed by atoms with E-state index in [1.165, 1.54) is 0 Å². The zero-order valence-corrected chi connectivity index (χ0v) is 9.51. The number of aliphatic carboxylic acids is 1. The lowest BCUT2D eigenvalue weighted by atomic mass is 9.95. The minimum Gasteiger partial charge on any atom is -0.496 e. The van der Waals surface area contributed by atoms with Gasteiger partial charge in [-0.2, -0.15) is 0 Å². The Bertz CT molecular complexity index is 365. The second kappa shape index (κ2) is 5.51. The van der Waals surface area contributed by atoms with Gasteiger partial charge in [0.05, 0.1) is 13.0 Å². The number of para-hydroxylation sites is 1. The first-order valence-electron chi connectivity index (χ1n) is 5.16. The minimum atomic E-state index is -0.873. The van der Waals surface area contributed by atoms with Gasteiger partial charge in [-0.25, -0.2) is 0 Å². The Hall–Kier alpha value is -1.55. The molecule has 0 saturated heterocycles. The summed E-state index contributed by atoms with van der Waals surface area (Å²) >= 11 is 0. The second-order valence-electron chi connectivity index (χ2n) is 3.81. The van der Waals surface area contributed by atoms with Gasteiger partial charge in [-0.15, -0.1) is 0 Å². The molecule has 1 aromatic carbocycles. The van der Waals surface area contributed by atoms with E-state index >= 15 is 0 Å². The van der Waals surface area contributed by atoms with Crippen LogP contribution < -0.4 is 10.5 Å². The van der Waals surface area contributed by atoms with Gasteiger partial charge in [0.2, 0.25) is 0 Å². The molecule has 4 nitrogen and oxygen atoms in total. The molecule has 0 amide bonds. The molecule has 0 spiro atoms. The van der Waals surface area contributed by atoms with Crippen LogP contribution in [0.5, 0.6) is 5.75 Å². The molecule has 0 aliphatic carbocycles. The largest absolute Gasteiger partial charge is 0.496 e. The molecule has 2 unspecified atom stereocenters. The summed E-state index contributed by atoms with van der Waals surface area (Å²) in [4.78, 5) is 10.8. The monoisotopic (exact) mass is 223 g/mol. The van der Waals surface area contributed by atoms with Gasteiger partial charge >= 0.3 is 5.97 Å². The van der Waals surface area contributed by atoms with E-state index in [1.54, 1.807) is 14.0 Å². The van der Waals surface area contributed by atoms with Gasteiger partial charge in [-0.1, -0.05) is 25.1 Å². The van der Waals surface area contributed by atoms with Gasteiger partial charge in [0, 0.05) is 6.04 Å². The maximum Gasteiger partial charge on any atom is 0.307 e. The van der Waals surface area contributed by atoms with Crippen LogP contribution in [0.1, 0.15) is 12.5 Å². The molecule has 2 atom stereocenters. The topological polar surface area (TPSA) is 72.5 Å². The van der Waals surface area contributed by atoms with Crippen LogP contribution >= 0.6 is 0 Å². The SMILES string of the molecule is COc1ccccc1CC(N)C(C)C(=O)O. The average Bonchev–Trinajstić information content (AvgIpc) is 2.28. The van der Waals surface area contributed by atoms with Crippen LogP contribution in [0.15, 0.2) is 24.3 Å². The number of hydrogen-bond acceptors (Lipinski definition) is 3. The normalized spacial score (nSPS) is 14.2. The van der Waals surface area contributed by atoms with Crippen LogP contribution in [0, 0.1) is 5.92 Å².